The van der Waals surface area contributed by atoms with Gasteiger partial charge in [-0.2, -0.15) is 0 Å². The van der Waals surface area contributed by atoms with Crippen molar-refractivity contribution < 1.29 is 0 Å². The van der Waals surface area contributed by atoms with Crippen molar-refractivity contribution >= 4 is 0 Å². The van der Waals surface area contributed by atoms with E-state index >= 15 is 0 Å². The van der Waals surface area contributed by atoms with Gasteiger partial charge in [0.15, 0.2) is 0 Å². The van der Waals surface area contributed by atoms with Crippen molar-refractivity contribution in [1.29, 1.82) is 0 Å². The molecule has 19 heavy (non-hydrogen) atoms. The molecule has 0 aliphatic heterocycles. The number of rotatable bonds is 4. The normalized spacial score (nSPS) is 12.4. The minimum Gasteiger partial charge on any atom is -0.271 e. The summed E-state index contributed by atoms with van der Waals surface area (Å²) in [6.45, 7) is 6.41. The lowest BCUT2D eigenvalue weighted by molar-refractivity contribution is 0.549. The molecule has 2 nitrogen and oxygen atoms in total. The van der Waals surface area contributed by atoms with Crippen molar-refractivity contribution in [3.63, 3.8) is 0 Å². The zero-order valence-electron chi connectivity index (χ0n) is 11.9. The van der Waals surface area contributed by atoms with Crippen molar-refractivity contribution in [2.75, 3.05) is 0 Å². The largest absolute Gasteiger partial charge is 0.271 e. The summed E-state index contributed by atoms with van der Waals surface area (Å²) in [6, 6.07) is 15.1. The molecule has 2 heteroatoms. The van der Waals surface area contributed by atoms with Crippen LogP contribution in [-0.2, 0) is 6.42 Å². The van der Waals surface area contributed by atoms with Crippen LogP contribution in [0.25, 0.3) is 0 Å². The van der Waals surface area contributed by atoms with Gasteiger partial charge in [-0.15, -0.1) is 0 Å². The maximum Gasteiger partial charge on any atom is 0.0503 e. The molecule has 0 saturated carbocycles. The number of nitrogens with one attached hydrogen (secondary N) is 1. The molecule has 0 aromatic heterocycles. The summed E-state index contributed by atoms with van der Waals surface area (Å²) in [4.78, 5) is 0. The number of hydrazine groups is 1. The third-order valence-corrected chi connectivity index (χ3v) is 3.75. The summed E-state index contributed by atoms with van der Waals surface area (Å²) in [7, 11) is 0. The molecular formula is C17H22N2. The van der Waals surface area contributed by atoms with Gasteiger partial charge in [-0.05, 0) is 49.4 Å². The lowest BCUT2D eigenvalue weighted by atomic mass is 9.93. The second kappa shape index (κ2) is 6.00. The Balaban J connectivity index is 2.28. The Morgan fingerprint density at radius 2 is 1.79 bits per heavy atom. The zero-order chi connectivity index (χ0) is 13.8. The first-order valence-electron chi connectivity index (χ1n) is 6.69. The molecule has 0 spiro atoms. The average Bonchev–Trinajstić information content (AvgIpc) is 2.40. The average molecular weight is 254 g/mol. The van der Waals surface area contributed by atoms with E-state index in [4.69, 9.17) is 5.84 Å². The SMILES string of the molecule is Cc1cccc(CC(NN)c2cccc(C)c2C)c1. The third-order valence-electron chi connectivity index (χ3n) is 3.75. The van der Waals surface area contributed by atoms with Gasteiger partial charge < -0.3 is 0 Å². The van der Waals surface area contributed by atoms with E-state index in [1.54, 1.807) is 0 Å². The van der Waals surface area contributed by atoms with Crippen LogP contribution < -0.4 is 11.3 Å². The molecule has 0 amide bonds. The molecule has 3 N–H and O–H groups in total. The molecule has 0 aliphatic carbocycles. The van der Waals surface area contributed by atoms with Gasteiger partial charge in [-0.25, -0.2) is 0 Å². The Bertz CT molecular complexity index is 561. The monoisotopic (exact) mass is 254 g/mol. The number of nitrogens with two attached hydrogens (primary N) is 1. The maximum atomic E-state index is 5.76. The molecule has 2 aromatic carbocycles. The smallest absolute Gasteiger partial charge is 0.0503 e. The van der Waals surface area contributed by atoms with Crippen molar-refractivity contribution in [3.8, 4) is 0 Å². The van der Waals surface area contributed by atoms with E-state index in [2.05, 4.69) is 68.7 Å². The summed E-state index contributed by atoms with van der Waals surface area (Å²) in [5, 5.41) is 0. The summed E-state index contributed by atoms with van der Waals surface area (Å²) >= 11 is 0. The second-order valence-electron chi connectivity index (χ2n) is 5.20. The molecule has 0 heterocycles. The Hall–Kier alpha value is -1.64. The molecule has 0 aliphatic rings. The molecule has 0 saturated heterocycles. The topological polar surface area (TPSA) is 38.0 Å². The first-order chi connectivity index (χ1) is 9.11. The predicted octanol–water partition coefficient (Wildman–Crippen LogP) is 3.36. The highest BCUT2D eigenvalue weighted by molar-refractivity contribution is 5.36. The summed E-state index contributed by atoms with van der Waals surface area (Å²) in [6.07, 6.45) is 0.905. The fraction of sp³-hybridized carbons (Fsp3) is 0.294. The van der Waals surface area contributed by atoms with Crippen LogP contribution in [-0.4, -0.2) is 0 Å². The van der Waals surface area contributed by atoms with Crippen molar-refractivity contribution in [2.24, 2.45) is 5.84 Å². The van der Waals surface area contributed by atoms with Crippen LogP contribution in [0.1, 0.15) is 33.9 Å². The van der Waals surface area contributed by atoms with Crippen LogP contribution in [0.3, 0.4) is 0 Å². The standard InChI is InChI=1S/C17H22N2/c1-12-6-4-8-15(10-12)11-17(19-18)16-9-5-7-13(2)14(16)3/h4-10,17,19H,11,18H2,1-3H3. The van der Waals surface area contributed by atoms with E-state index in [-0.39, 0.29) is 6.04 Å². The molecule has 100 valence electrons. The van der Waals surface area contributed by atoms with Gasteiger partial charge in [-0.1, -0.05) is 48.0 Å². The first-order valence-corrected chi connectivity index (χ1v) is 6.69. The molecule has 1 atom stereocenters. The Labute approximate surface area is 115 Å². The van der Waals surface area contributed by atoms with E-state index < -0.39 is 0 Å². The van der Waals surface area contributed by atoms with E-state index in [1.165, 1.54) is 27.8 Å². The number of hydrogen-bond acceptors (Lipinski definition) is 2. The van der Waals surface area contributed by atoms with Gasteiger partial charge in [0.25, 0.3) is 0 Å². The van der Waals surface area contributed by atoms with Crippen LogP contribution in [0.2, 0.25) is 0 Å². The highest BCUT2D eigenvalue weighted by Gasteiger charge is 2.13. The van der Waals surface area contributed by atoms with Gasteiger partial charge in [0, 0.05) is 0 Å². The summed E-state index contributed by atoms with van der Waals surface area (Å²) < 4.78 is 0. The van der Waals surface area contributed by atoms with Crippen LogP contribution in [0.5, 0.6) is 0 Å². The second-order valence-corrected chi connectivity index (χ2v) is 5.20. The Kier molecular flexibility index (Phi) is 4.35. The molecule has 2 aromatic rings. The van der Waals surface area contributed by atoms with Crippen LogP contribution in [0.15, 0.2) is 42.5 Å². The lowest BCUT2D eigenvalue weighted by Crippen LogP contribution is -2.30. The van der Waals surface area contributed by atoms with Crippen LogP contribution in [0.4, 0.5) is 0 Å². The van der Waals surface area contributed by atoms with Crippen molar-refractivity contribution in [3.05, 3.63) is 70.3 Å². The predicted molar refractivity (Wildman–Crippen MR) is 80.9 cm³/mol. The molecule has 0 bridgehead atoms. The maximum absolute atomic E-state index is 5.76. The zero-order valence-corrected chi connectivity index (χ0v) is 11.9. The molecule has 2 rings (SSSR count). The fourth-order valence-corrected chi connectivity index (χ4v) is 2.48. The highest BCUT2D eigenvalue weighted by Crippen LogP contribution is 2.23. The number of benzene rings is 2. The lowest BCUT2D eigenvalue weighted by Gasteiger charge is -2.20. The quantitative estimate of drug-likeness (QED) is 0.648. The Morgan fingerprint density at radius 3 is 2.47 bits per heavy atom. The van der Waals surface area contributed by atoms with Crippen LogP contribution >= 0.6 is 0 Å². The number of hydrogen-bond donors (Lipinski definition) is 2. The van der Waals surface area contributed by atoms with Gasteiger partial charge in [0.2, 0.25) is 0 Å². The van der Waals surface area contributed by atoms with Crippen LogP contribution in [0, 0.1) is 20.8 Å². The fourth-order valence-electron chi connectivity index (χ4n) is 2.48. The molecule has 1 unspecified atom stereocenters. The summed E-state index contributed by atoms with van der Waals surface area (Å²) in [5.74, 6) is 5.76. The van der Waals surface area contributed by atoms with Gasteiger partial charge in [-0.3, -0.25) is 11.3 Å². The first kappa shape index (κ1) is 13.8. The summed E-state index contributed by atoms with van der Waals surface area (Å²) in [5.41, 5.74) is 9.46. The van der Waals surface area contributed by atoms with Crippen molar-refractivity contribution in [2.45, 2.75) is 33.2 Å². The van der Waals surface area contributed by atoms with E-state index in [0.29, 0.717) is 0 Å². The van der Waals surface area contributed by atoms with Crippen molar-refractivity contribution in [1.82, 2.24) is 5.43 Å². The van der Waals surface area contributed by atoms with E-state index in [0.717, 1.165) is 6.42 Å². The van der Waals surface area contributed by atoms with Gasteiger partial charge in [0.05, 0.1) is 6.04 Å². The van der Waals surface area contributed by atoms with E-state index in [9.17, 15) is 0 Å². The third kappa shape index (κ3) is 3.22. The van der Waals surface area contributed by atoms with E-state index in [1.807, 2.05) is 0 Å². The molecule has 0 radical (unpaired) electrons. The minimum atomic E-state index is 0.154. The molecule has 0 fully saturated rings. The van der Waals surface area contributed by atoms with Gasteiger partial charge >= 0.3 is 0 Å². The number of aryl methyl sites for hydroxylation is 2. The minimum absolute atomic E-state index is 0.154. The Morgan fingerprint density at radius 1 is 1.05 bits per heavy atom. The highest BCUT2D eigenvalue weighted by atomic mass is 15.2. The molecular weight excluding hydrogens is 232 g/mol. The van der Waals surface area contributed by atoms with Gasteiger partial charge in [0.1, 0.15) is 0 Å².